The topological polar surface area (TPSA) is 38.7 Å². The Balaban J connectivity index is 0.000000490. The summed E-state index contributed by atoms with van der Waals surface area (Å²) in [6, 6.07) is 0. The van der Waals surface area contributed by atoms with Gasteiger partial charge in [-0.3, -0.25) is 0 Å². The molecule has 0 atom stereocenters. The van der Waals surface area contributed by atoms with E-state index in [2.05, 4.69) is 31.2 Å². The van der Waals surface area contributed by atoms with Gasteiger partial charge >= 0.3 is 48.3 Å². The van der Waals surface area contributed by atoms with Gasteiger partial charge in [0.05, 0.1) is 0 Å². The molecule has 0 amide bonds. The Morgan fingerprint density at radius 1 is 1.38 bits per heavy atom. The first kappa shape index (κ1) is 8.27. The van der Waals surface area contributed by atoms with Gasteiger partial charge in [-0.1, -0.05) is 0 Å². The monoisotopic (exact) mass is 357 g/mol. The molecule has 1 aromatic heterocycles. The Bertz CT molecular complexity index is 144. The van der Waals surface area contributed by atoms with Gasteiger partial charge in [-0.25, -0.2) is 0 Å². The summed E-state index contributed by atoms with van der Waals surface area (Å²) < 4.78 is 0.586. The van der Waals surface area contributed by atoms with E-state index < -0.39 is 0 Å². The van der Waals surface area contributed by atoms with Crippen LogP contribution >= 0.6 is 0 Å². The molecule has 0 aliphatic heterocycles. The molecular formula is C3H2AuN3Se. The van der Waals surface area contributed by atoms with E-state index in [1.165, 1.54) is 6.20 Å². The summed E-state index contributed by atoms with van der Waals surface area (Å²) in [4.78, 5) is 3.75. The molecule has 5 heteroatoms. The van der Waals surface area contributed by atoms with Gasteiger partial charge in [-0.05, 0) is 0 Å². The van der Waals surface area contributed by atoms with Crippen LogP contribution in [0, 0.1) is 0 Å². The fourth-order valence-corrected chi connectivity index (χ4v) is 0.462. The van der Waals surface area contributed by atoms with Crippen molar-refractivity contribution in [1.29, 1.82) is 0 Å². The Hall–Kier alpha value is 0.270. The van der Waals surface area contributed by atoms with Crippen LogP contribution in [-0.2, 0) is 22.4 Å². The Morgan fingerprint density at radius 3 is 2.38 bits per heavy atom. The van der Waals surface area contributed by atoms with Crippen molar-refractivity contribution in [2.75, 3.05) is 0 Å². The van der Waals surface area contributed by atoms with E-state index >= 15 is 0 Å². The zero-order valence-electron chi connectivity index (χ0n) is 3.71. The summed E-state index contributed by atoms with van der Waals surface area (Å²) in [6.45, 7) is 0. The van der Waals surface area contributed by atoms with E-state index in [1.807, 2.05) is 0 Å². The van der Waals surface area contributed by atoms with Gasteiger partial charge < -0.3 is 0 Å². The minimum absolute atomic E-state index is 0. The molecule has 1 heterocycles. The third-order valence-corrected chi connectivity index (χ3v) is 0.854. The molecule has 0 N–H and O–H groups in total. The summed E-state index contributed by atoms with van der Waals surface area (Å²) in [5, 5.41) is 7.10. The molecule has 0 fully saturated rings. The predicted molar refractivity (Wildman–Crippen MR) is 25.2 cm³/mol. The van der Waals surface area contributed by atoms with Crippen LogP contribution in [0.5, 0.6) is 0 Å². The number of aromatic nitrogens is 3. The first-order valence-corrected chi connectivity index (χ1v) is 2.56. The summed E-state index contributed by atoms with van der Waals surface area (Å²) in [7, 11) is 0. The molecule has 0 aliphatic carbocycles. The maximum absolute atomic E-state index is 3.75. The molecule has 0 bridgehead atoms. The molecule has 0 aliphatic rings. The van der Waals surface area contributed by atoms with Gasteiger partial charge in [0.1, 0.15) is 0 Å². The number of hydrogen-bond acceptors (Lipinski definition) is 3. The zero-order valence-corrected chi connectivity index (χ0v) is 7.59. The van der Waals surface area contributed by atoms with E-state index in [9.17, 15) is 0 Å². The Kier molecular flexibility index (Phi) is 4.32. The average Bonchev–Trinajstić information content (AvgIpc) is 1.69. The summed E-state index contributed by atoms with van der Waals surface area (Å²) in [6.07, 6.45) is 3.11. The summed E-state index contributed by atoms with van der Waals surface area (Å²) in [5.74, 6) is 0. The fraction of sp³-hybridized carbons (Fsp3) is 0. The van der Waals surface area contributed by atoms with Gasteiger partial charge in [0.2, 0.25) is 0 Å². The van der Waals surface area contributed by atoms with Crippen LogP contribution in [0.2, 0.25) is 0 Å². The van der Waals surface area contributed by atoms with Crippen LogP contribution in [0.1, 0.15) is 0 Å². The van der Waals surface area contributed by atoms with Gasteiger partial charge in [-0.15, -0.1) is 0 Å². The maximum atomic E-state index is 3.75. The Morgan fingerprint density at radius 2 is 2.12 bits per heavy atom. The third-order valence-electron chi connectivity index (χ3n) is 0.462. The zero-order chi connectivity index (χ0) is 5.11. The van der Waals surface area contributed by atoms with E-state index in [0.717, 1.165) is 0 Å². The van der Waals surface area contributed by atoms with Crippen LogP contribution < -0.4 is 4.72 Å². The van der Waals surface area contributed by atoms with Crippen LogP contribution in [0.25, 0.3) is 0 Å². The number of nitrogens with zero attached hydrogens (tertiary/aromatic N) is 3. The Labute approximate surface area is 70.6 Å². The molecule has 0 saturated carbocycles. The standard InChI is InChI=1S/C3H2N3Se.Au/c7-3-4-1-2-5-6-3;/h1-2H;. The first-order chi connectivity index (χ1) is 3.39. The van der Waals surface area contributed by atoms with Crippen molar-refractivity contribution in [2.24, 2.45) is 0 Å². The fourth-order valence-electron chi connectivity index (χ4n) is 0.235. The van der Waals surface area contributed by atoms with Crippen LogP contribution in [0.15, 0.2) is 12.4 Å². The van der Waals surface area contributed by atoms with Gasteiger partial charge in [0, 0.05) is 22.4 Å². The van der Waals surface area contributed by atoms with E-state index in [-0.39, 0.29) is 22.4 Å². The van der Waals surface area contributed by atoms with Crippen molar-refractivity contribution in [3.05, 3.63) is 12.4 Å². The molecule has 46 valence electrons. The third kappa shape index (κ3) is 2.55. The first-order valence-electron chi connectivity index (χ1n) is 1.70. The minimum atomic E-state index is 0. The number of hydrogen-bond donors (Lipinski definition) is 0. The van der Waals surface area contributed by atoms with Crippen molar-refractivity contribution in [3.63, 3.8) is 0 Å². The number of rotatable bonds is 0. The second kappa shape index (κ2) is 4.18. The van der Waals surface area contributed by atoms with Crippen molar-refractivity contribution in [3.8, 4) is 0 Å². The van der Waals surface area contributed by atoms with E-state index in [4.69, 9.17) is 0 Å². The molecular weight excluding hydrogens is 354 g/mol. The van der Waals surface area contributed by atoms with Crippen molar-refractivity contribution >= 4 is 20.7 Å². The van der Waals surface area contributed by atoms with Crippen LogP contribution in [-0.4, -0.2) is 31.2 Å². The molecule has 2 radical (unpaired) electrons. The van der Waals surface area contributed by atoms with E-state index in [1.54, 1.807) is 6.20 Å². The molecule has 0 spiro atoms. The second-order valence-corrected chi connectivity index (χ2v) is 1.69. The van der Waals surface area contributed by atoms with Crippen molar-refractivity contribution in [2.45, 2.75) is 0 Å². The quantitative estimate of drug-likeness (QED) is 0.541. The summed E-state index contributed by atoms with van der Waals surface area (Å²) >= 11 is 2.62. The van der Waals surface area contributed by atoms with E-state index in [0.29, 0.717) is 4.72 Å². The normalized spacial score (nSPS) is 7.50. The predicted octanol–water partition coefficient (Wildman–Crippen LogP) is -1.34. The van der Waals surface area contributed by atoms with Crippen molar-refractivity contribution < 1.29 is 22.4 Å². The molecule has 0 saturated heterocycles. The van der Waals surface area contributed by atoms with Gasteiger partial charge in [0.15, 0.2) is 0 Å². The van der Waals surface area contributed by atoms with Crippen LogP contribution in [0.3, 0.4) is 0 Å². The summed E-state index contributed by atoms with van der Waals surface area (Å²) in [5.41, 5.74) is 0. The molecule has 1 rings (SSSR count). The SMILES string of the molecule is [Au].[Se]c1nccnn1. The van der Waals surface area contributed by atoms with Gasteiger partial charge in [0.25, 0.3) is 0 Å². The molecule has 0 aromatic carbocycles. The molecule has 0 unspecified atom stereocenters. The molecule has 3 nitrogen and oxygen atoms in total. The molecule has 8 heavy (non-hydrogen) atoms. The second-order valence-electron chi connectivity index (χ2n) is 0.925. The van der Waals surface area contributed by atoms with Crippen molar-refractivity contribution in [1.82, 2.24) is 15.2 Å². The molecule has 1 aromatic rings. The van der Waals surface area contributed by atoms with Gasteiger partial charge in [-0.2, -0.15) is 0 Å². The average molecular weight is 356 g/mol. The van der Waals surface area contributed by atoms with Crippen LogP contribution in [0.4, 0.5) is 0 Å².